The zero-order chi connectivity index (χ0) is 19.1. The zero-order valence-corrected chi connectivity index (χ0v) is 16.6. The van der Waals surface area contributed by atoms with E-state index >= 15 is 0 Å². The molecule has 1 aliphatic heterocycles. The van der Waals surface area contributed by atoms with Gasteiger partial charge in [0.1, 0.15) is 5.01 Å². The molecule has 1 aliphatic rings. The van der Waals surface area contributed by atoms with Gasteiger partial charge in [-0.3, -0.25) is 4.90 Å². The summed E-state index contributed by atoms with van der Waals surface area (Å²) in [5, 5.41) is 7.37. The van der Waals surface area contributed by atoms with Gasteiger partial charge in [-0.1, -0.05) is 44.2 Å². The third kappa shape index (κ3) is 4.81. The monoisotopic (exact) mass is 383 g/mol. The lowest BCUT2D eigenvalue weighted by Gasteiger charge is -2.33. The summed E-state index contributed by atoms with van der Waals surface area (Å²) in [5.74, 6) is 0. The summed E-state index contributed by atoms with van der Waals surface area (Å²) in [5.41, 5.74) is 2.02. The van der Waals surface area contributed by atoms with E-state index < -0.39 is 0 Å². The normalized spacial score (nSPS) is 14.5. The molecule has 27 heavy (non-hydrogen) atoms. The Hall–Kier alpha value is -2.51. The zero-order valence-electron chi connectivity index (χ0n) is 15.8. The molecule has 1 fully saturated rings. The quantitative estimate of drug-likeness (QED) is 0.690. The number of amides is 1. The fourth-order valence-electron chi connectivity index (χ4n) is 2.97. The van der Waals surface area contributed by atoms with Crippen LogP contribution in [-0.4, -0.2) is 56.8 Å². The topological polar surface area (TPSA) is 54.3 Å². The molecule has 142 valence electrons. The molecule has 0 N–H and O–H groups in total. The van der Waals surface area contributed by atoms with E-state index in [2.05, 4.69) is 15.0 Å². The molecule has 2 aromatic heterocycles. The van der Waals surface area contributed by atoms with Crippen molar-refractivity contribution in [3.63, 3.8) is 0 Å². The largest absolute Gasteiger partial charge is 0.344 e. The van der Waals surface area contributed by atoms with Crippen LogP contribution in [0, 0.1) is 0 Å². The van der Waals surface area contributed by atoms with Crippen molar-refractivity contribution in [2.45, 2.75) is 20.4 Å². The molecule has 1 amide bonds. The first-order valence-electron chi connectivity index (χ1n) is 9.30. The Morgan fingerprint density at radius 2 is 1.81 bits per heavy atom. The Labute approximate surface area is 164 Å². The third-order valence-electron chi connectivity index (χ3n) is 4.37. The van der Waals surface area contributed by atoms with Gasteiger partial charge in [0.25, 0.3) is 0 Å². The van der Waals surface area contributed by atoms with Gasteiger partial charge in [-0.2, -0.15) is 9.78 Å². The number of carbonyl (C=O) groups is 1. The minimum absolute atomic E-state index is 0.0592. The predicted molar refractivity (Wildman–Crippen MR) is 109 cm³/mol. The molecule has 0 radical (unpaired) electrons. The number of rotatable bonds is 3. The van der Waals surface area contributed by atoms with Crippen molar-refractivity contribution in [2.75, 3.05) is 26.2 Å². The molecule has 1 saturated heterocycles. The van der Waals surface area contributed by atoms with E-state index in [4.69, 9.17) is 0 Å². The van der Waals surface area contributed by atoms with Crippen molar-refractivity contribution in [3.05, 3.63) is 59.3 Å². The highest BCUT2D eigenvalue weighted by atomic mass is 32.1. The highest BCUT2D eigenvalue weighted by molar-refractivity contribution is 7.09. The van der Waals surface area contributed by atoms with Gasteiger partial charge in [0.15, 0.2) is 0 Å². The minimum Gasteiger partial charge on any atom is -0.320 e. The molecule has 4 rings (SSSR count). The molecular weight excluding hydrogens is 358 g/mol. The van der Waals surface area contributed by atoms with E-state index in [1.807, 2.05) is 60.7 Å². The summed E-state index contributed by atoms with van der Waals surface area (Å²) in [4.78, 5) is 21.2. The molecule has 3 aromatic rings. The smallest absolute Gasteiger partial charge is 0.320 e. The molecule has 0 bridgehead atoms. The van der Waals surface area contributed by atoms with Crippen LogP contribution < -0.4 is 0 Å². The van der Waals surface area contributed by atoms with Crippen molar-refractivity contribution in [2.24, 2.45) is 0 Å². The number of benzene rings is 1. The van der Waals surface area contributed by atoms with Crippen molar-refractivity contribution in [1.29, 1.82) is 0 Å². The summed E-state index contributed by atoms with van der Waals surface area (Å²) >= 11 is 1.67. The lowest BCUT2D eigenvalue weighted by Crippen LogP contribution is -2.49. The molecule has 0 unspecified atom stereocenters. The number of carbonyl (C=O) groups excluding carboxylic acids is 1. The third-order valence-corrected chi connectivity index (χ3v) is 5.14. The summed E-state index contributed by atoms with van der Waals surface area (Å²) in [6, 6.07) is 9.92. The number of hydrogen-bond donors (Lipinski definition) is 0. The standard InChI is InChI=1S/C18H19N5OS.C2H6/c24-18(23-13-16(12-20-23)15-4-2-1-3-5-15)22-9-7-21(8-10-22)14-17-19-6-11-25-17;1-2/h1-6,11-13H,7-10,14H2;1-2H3. The van der Waals surface area contributed by atoms with Crippen molar-refractivity contribution in [3.8, 4) is 11.1 Å². The van der Waals surface area contributed by atoms with Gasteiger partial charge in [0, 0.05) is 49.5 Å². The van der Waals surface area contributed by atoms with Gasteiger partial charge in [-0.05, 0) is 5.56 Å². The van der Waals surface area contributed by atoms with E-state index in [1.54, 1.807) is 23.7 Å². The molecule has 0 spiro atoms. The molecule has 7 heteroatoms. The second kappa shape index (κ2) is 9.43. The van der Waals surface area contributed by atoms with Crippen LogP contribution >= 0.6 is 11.3 Å². The van der Waals surface area contributed by atoms with Crippen LogP contribution in [0.4, 0.5) is 4.79 Å². The van der Waals surface area contributed by atoms with E-state index in [1.165, 1.54) is 4.68 Å². The van der Waals surface area contributed by atoms with E-state index in [-0.39, 0.29) is 6.03 Å². The van der Waals surface area contributed by atoms with E-state index in [0.29, 0.717) is 13.1 Å². The van der Waals surface area contributed by atoms with Crippen molar-refractivity contribution in [1.82, 2.24) is 24.6 Å². The lowest BCUT2D eigenvalue weighted by atomic mass is 10.1. The van der Waals surface area contributed by atoms with Gasteiger partial charge in [0.05, 0.1) is 12.7 Å². The first kappa shape index (κ1) is 19.3. The summed E-state index contributed by atoms with van der Waals surface area (Å²) in [7, 11) is 0. The van der Waals surface area contributed by atoms with Crippen LogP contribution in [0.15, 0.2) is 54.3 Å². The Kier molecular flexibility index (Phi) is 6.73. The maximum atomic E-state index is 12.7. The number of nitrogens with zero attached hydrogens (tertiary/aromatic N) is 5. The minimum atomic E-state index is -0.0592. The fourth-order valence-corrected chi connectivity index (χ4v) is 3.63. The Morgan fingerprint density at radius 3 is 2.48 bits per heavy atom. The number of thiazole rings is 1. The molecule has 6 nitrogen and oxygen atoms in total. The summed E-state index contributed by atoms with van der Waals surface area (Å²) in [6.45, 7) is 8.01. The first-order valence-corrected chi connectivity index (χ1v) is 10.2. The molecular formula is C20H25N5OS. The van der Waals surface area contributed by atoms with Crippen LogP contribution in [0.25, 0.3) is 11.1 Å². The second-order valence-electron chi connectivity index (χ2n) is 6.01. The average Bonchev–Trinajstić information content (AvgIpc) is 3.43. The first-order chi connectivity index (χ1) is 13.3. The van der Waals surface area contributed by atoms with Gasteiger partial charge in [-0.15, -0.1) is 11.3 Å². The fraction of sp³-hybridized carbons (Fsp3) is 0.350. The molecule has 0 saturated carbocycles. The Bertz CT molecular complexity index is 823. The predicted octanol–water partition coefficient (Wildman–Crippen LogP) is 3.82. The summed E-state index contributed by atoms with van der Waals surface area (Å²) in [6.07, 6.45) is 5.38. The van der Waals surface area contributed by atoms with Gasteiger partial charge < -0.3 is 4.90 Å². The molecule has 1 aromatic carbocycles. The van der Waals surface area contributed by atoms with Crippen molar-refractivity contribution < 1.29 is 4.79 Å². The maximum absolute atomic E-state index is 12.7. The van der Waals surface area contributed by atoms with Crippen LogP contribution in [0.1, 0.15) is 18.9 Å². The van der Waals surface area contributed by atoms with E-state index in [0.717, 1.165) is 35.8 Å². The second-order valence-corrected chi connectivity index (χ2v) is 6.99. The Balaban J connectivity index is 0.00000102. The van der Waals surface area contributed by atoms with Gasteiger partial charge in [0.2, 0.25) is 0 Å². The average molecular weight is 384 g/mol. The van der Waals surface area contributed by atoms with Gasteiger partial charge >= 0.3 is 6.03 Å². The number of piperazine rings is 1. The highest BCUT2D eigenvalue weighted by Gasteiger charge is 2.23. The van der Waals surface area contributed by atoms with Crippen LogP contribution in [0.3, 0.4) is 0 Å². The number of hydrogen-bond acceptors (Lipinski definition) is 5. The van der Waals surface area contributed by atoms with Crippen LogP contribution in [0.5, 0.6) is 0 Å². The van der Waals surface area contributed by atoms with Crippen molar-refractivity contribution >= 4 is 17.4 Å². The molecule has 0 atom stereocenters. The number of aromatic nitrogens is 3. The van der Waals surface area contributed by atoms with Gasteiger partial charge in [-0.25, -0.2) is 9.78 Å². The van der Waals surface area contributed by atoms with Crippen LogP contribution in [-0.2, 0) is 6.54 Å². The molecule has 0 aliphatic carbocycles. The van der Waals surface area contributed by atoms with Crippen LogP contribution in [0.2, 0.25) is 0 Å². The highest BCUT2D eigenvalue weighted by Crippen LogP contribution is 2.18. The van der Waals surface area contributed by atoms with E-state index in [9.17, 15) is 4.79 Å². The SMILES string of the molecule is CC.O=C(N1CCN(Cc2nccs2)CC1)n1cc(-c2ccccc2)cn1. The summed E-state index contributed by atoms with van der Waals surface area (Å²) < 4.78 is 1.44. The Morgan fingerprint density at radius 1 is 1.07 bits per heavy atom. The molecule has 3 heterocycles. The maximum Gasteiger partial charge on any atom is 0.344 e. The lowest BCUT2D eigenvalue weighted by molar-refractivity contribution is 0.134.